The smallest absolute Gasteiger partial charge is 0.431 e. The molecule has 0 heterocycles. The molecule has 0 saturated heterocycles. The summed E-state index contributed by atoms with van der Waals surface area (Å²) in [6.45, 7) is 8.04. The molecule has 5 nitrogen and oxygen atoms in total. The second-order valence-electron chi connectivity index (χ2n) is 6.28. The van der Waals surface area contributed by atoms with Crippen molar-refractivity contribution in [3.63, 3.8) is 0 Å². The van der Waals surface area contributed by atoms with Crippen molar-refractivity contribution in [3.8, 4) is 17.2 Å². The number of unbranched alkanes of at least 4 members (excludes halogenated alkanes) is 2. The van der Waals surface area contributed by atoms with Crippen LogP contribution in [0.5, 0.6) is 17.2 Å². The fraction of sp³-hybridized carbons (Fsp3) is 0.455. The van der Waals surface area contributed by atoms with Crippen LogP contribution in [0.4, 0.5) is 5.69 Å². The van der Waals surface area contributed by atoms with E-state index in [1.165, 1.54) is 0 Å². The Balaban J connectivity index is 2.30. The van der Waals surface area contributed by atoms with Crippen molar-refractivity contribution < 1.29 is 14.2 Å². The number of benzene rings is 2. The predicted molar refractivity (Wildman–Crippen MR) is 114 cm³/mol. The molecule has 0 amide bonds. The van der Waals surface area contributed by atoms with Gasteiger partial charge in [0.1, 0.15) is 11.5 Å². The number of ether oxygens (including phenoxy) is 3. The van der Waals surface area contributed by atoms with Crippen molar-refractivity contribution in [1.29, 1.82) is 5.39 Å². The molecule has 0 atom stereocenters. The maximum absolute atomic E-state index is 9.52. The number of nitrogens with zero attached hydrogens (tertiary/aromatic N) is 2. The quantitative estimate of drug-likeness (QED) is 0.281. The lowest BCUT2D eigenvalue weighted by atomic mass is 10.2. The van der Waals surface area contributed by atoms with E-state index in [0.29, 0.717) is 37.0 Å². The third-order valence-electron chi connectivity index (χ3n) is 3.99. The molecule has 2 aromatic rings. The van der Waals surface area contributed by atoms with Crippen LogP contribution in [0.15, 0.2) is 46.2 Å². The van der Waals surface area contributed by atoms with Crippen molar-refractivity contribution in [2.45, 2.75) is 56.2 Å². The van der Waals surface area contributed by atoms with Crippen molar-refractivity contribution in [1.82, 2.24) is 0 Å². The van der Waals surface area contributed by atoms with Gasteiger partial charge in [-0.15, -0.1) is 0 Å². The van der Waals surface area contributed by atoms with Crippen LogP contribution in [0.2, 0.25) is 0 Å². The summed E-state index contributed by atoms with van der Waals surface area (Å²) in [6, 6.07) is 11.6. The predicted octanol–water partition coefficient (Wildman–Crippen LogP) is 7.08. The highest BCUT2D eigenvalue weighted by Crippen LogP contribution is 2.44. The van der Waals surface area contributed by atoms with Gasteiger partial charge in [-0.25, -0.2) is 0 Å². The summed E-state index contributed by atoms with van der Waals surface area (Å²) in [4.78, 5) is 5.34. The van der Waals surface area contributed by atoms with E-state index in [1.807, 2.05) is 37.3 Å². The van der Waals surface area contributed by atoms with Gasteiger partial charge < -0.3 is 14.2 Å². The number of diazo groups is 1. The van der Waals surface area contributed by atoms with E-state index in [0.717, 1.165) is 41.2 Å². The van der Waals surface area contributed by atoms with Gasteiger partial charge in [-0.1, -0.05) is 38.5 Å². The summed E-state index contributed by atoms with van der Waals surface area (Å²) >= 11 is 1.55. The van der Waals surface area contributed by atoms with Crippen LogP contribution in [0.3, 0.4) is 0 Å². The fourth-order valence-corrected chi connectivity index (χ4v) is 3.45. The normalized spacial score (nSPS) is 10.4. The van der Waals surface area contributed by atoms with Gasteiger partial charge in [0, 0.05) is 4.90 Å². The first-order valence-corrected chi connectivity index (χ1v) is 10.7. The Morgan fingerprint density at radius 3 is 2.14 bits per heavy atom. The highest BCUT2D eigenvalue weighted by Gasteiger charge is 2.23. The van der Waals surface area contributed by atoms with Crippen LogP contribution < -0.4 is 14.2 Å². The molecule has 0 spiro atoms. The van der Waals surface area contributed by atoms with Crippen molar-refractivity contribution in [2.75, 3.05) is 19.8 Å². The molecule has 0 N–H and O–H groups in total. The second kappa shape index (κ2) is 12.1. The number of hydrogen-bond donors (Lipinski definition) is 0. The Kier molecular flexibility index (Phi) is 9.50. The van der Waals surface area contributed by atoms with Gasteiger partial charge in [-0.05, 0) is 50.1 Å². The molecule has 0 aliphatic heterocycles. The zero-order valence-electron chi connectivity index (χ0n) is 16.9. The van der Waals surface area contributed by atoms with Crippen LogP contribution in [-0.2, 0) is 0 Å². The molecule has 2 rings (SSSR count). The first kappa shape index (κ1) is 21.9. The Labute approximate surface area is 172 Å². The van der Waals surface area contributed by atoms with Crippen LogP contribution in [0, 0.1) is 5.39 Å². The first-order valence-electron chi connectivity index (χ1n) is 9.91. The molecule has 0 bridgehead atoms. The maximum Gasteiger partial charge on any atom is 0.431 e. The van der Waals surface area contributed by atoms with Crippen LogP contribution in [-0.4, -0.2) is 19.8 Å². The summed E-state index contributed by atoms with van der Waals surface area (Å²) in [7, 11) is 0. The van der Waals surface area contributed by atoms with Gasteiger partial charge in [-0.2, -0.15) is 0 Å². The Hall–Kier alpha value is -2.39. The minimum atomic E-state index is 0.388. The Morgan fingerprint density at radius 1 is 0.857 bits per heavy atom. The molecule has 0 saturated carbocycles. The van der Waals surface area contributed by atoms with E-state index in [9.17, 15) is 5.39 Å². The summed E-state index contributed by atoms with van der Waals surface area (Å²) in [5, 5.41) is 9.52. The number of rotatable bonds is 12. The van der Waals surface area contributed by atoms with Crippen LogP contribution >= 0.6 is 11.8 Å². The highest BCUT2D eigenvalue weighted by atomic mass is 32.2. The van der Waals surface area contributed by atoms with Crippen LogP contribution in [0.25, 0.3) is 4.98 Å². The fourth-order valence-electron chi connectivity index (χ4n) is 2.49. The molecule has 6 heteroatoms. The van der Waals surface area contributed by atoms with Gasteiger partial charge in [0.2, 0.25) is 11.1 Å². The molecular formula is C22H29N2O3S+. The molecule has 0 radical (unpaired) electrons. The zero-order chi connectivity index (χ0) is 20.2. The van der Waals surface area contributed by atoms with Gasteiger partial charge in [-0.3, -0.25) is 0 Å². The molecule has 0 unspecified atom stereocenters. The molecular weight excluding hydrogens is 372 g/mol. The summed E-state index contributed by atoms with van der Waals surface area (Å²) < 4.78 is 17.3. The van der Waals surface area contributed by atoms with E-state index in [2.05, 4.69) is 18.8 Å². The van der Waals surface area contributed by atoms with Gasteiger partial charge in [0.15, 0.2) is 4.98 Å². The lowest BCUT2D eigenvalue weighted by molar-refractivity contribution is 0.296. The summed E-state index contributed by atoms with van der Waals surface area (Å²) in [6.07, 6.45) is 4.00. The maximum atomic E-state index is 9.52. The van der Waals surface area contributed by atoms with E-state index in [-0.39, 0.29) is 0 Å². The summed E-state index contributed by atoms with van der Waals surface area (Å²) in [5.41, 5.74) is 0.388. The zero-order valence-corrected chi connectivity index (χ0v) is 17.8. The van der Waals surface area contributed by atoms with Crippen molar-refractivity contribution in [2.24, 2.45) is 0 Å². The molecule has 2 aromatic carbocycles. The van der Waals surface area contributed by atoms with Crippen LogP contribution in [0.1, 0.15) is 46.5 Å². The molecule has 28 heavy (non-hydrogen) atoms. The minimum Gasteiger partial charge on any atom is -0.494 e. The third-order valence-corrected chi connectivity index (χ3v) is 5.02. The first-order chi connectivity index (χ1) is 13.7. The summed E-state index contributed by atoms with van der Waals surface area (Å²) in [5.74, 6) is 2.10. The Bertz CT molecular complexity index is 773. The SMILES string of the molecule is CCCCOc1cc([N+]#N)c(OCCCC)c(Sc2ccc(OCC)cc2)c1. The van der Waals surface area contributed by atoms with E-state index in [4.69, 9.17) is 14.2 Å². The second-order valence-corrected chi connectivity index (χ2v) is 7.40. The molecule has 150 valence electrons. The highest BCUT2D eigenvalue weighted by molar-refractivity contribution is 7.99. The lowest BCUT2D eigenvalue weighted by Gasteiger charge is -2.12. The lowest BCUT2D eigenvalue weighted by Crippen LogP contribution is -2.00. The van der Waals surface area contributed by atoms with Crippen molar-refractivity contribution >= 4 is 17.4 Å². The Morgan fingerprint density at radius 2 is 1.54 bits per heavy atom. The average Bonchev–Trinajstić information content (AvgIpc) is 2.71. The largest absolute Gasteiger partial charge is 0.494 e. The van der Waals surface area contributed by atoms with Gasteiger partial charge in [0.25, 0.3) is 0 Å². The van der Waals surface area contributed by atoms with E-state index in [1.54, 1.807) is 17.8 Å². The third kappa shape index (κ3) is 6.65. The minimum absolute atomic E-state index is 0.388. The van der Waals surface area contributed by atoms with Gasteiger partial charge in [0.05, 0.1) is 30.8 Å². The molecule has 0 aliphatic carbocycles. The monoisotopic (exact) mass is 401 g/mol. The van der Waals surface area contributed by atoms with E-state index < -0.39 is 0 Å². The topological polar surface area (TPSA) is 55.8 Å². The molecule has 0 aromatic heterocycles. The van der Waals surface area contributed by atoms with Gasteiger partial charge >= 0.3 is 5.69 Å². The number of hydrogen-bond acceptors (Lipinski definition) is 5. The van der Waals surface area contributed by atoms with Crippen molar-refractivity contribution in [3.05, 3.63) is 41.4 Å². The molecule has 0 aliphatic rings. The molecule has 0 fully saturated rings. The van der Waals surface area contributed by atoms with E-state index >= 15 is 0 Å². The standard InChI is InChI=1S/C22H29N2O3S/c1-4-7-13-26-18-15-20(24-23)22(27-14-8-5-2)21(16-18)28-19-11-9-17(10-12-19)25-6-3/h9-12,15-16H,4-8,13-14H2,1-3H3/q+1. The average molecular weight is 402 g/mol.